The van der Waals surface area contributed by atoms with Crippen molar-refractivity contribution in [3.8, 4) is 0 Å². The van der Waals surface area contributed by atoms with Crippen LogP contribution in [0, 0.1) is 5.92 Å². The van der Waals surface area contributed by atoms with E-state index in [4.69, 9.17) is 14.7 Å². The van der Waals surface area contributed by atoms with Gasteiger partial charge >= 0.3 is 11.9 Å². The van der Waals surface area contributed by atoms with Gasteiger partial charge in [-0.1, -0.05) is 53.2 Å². The molecule has 1 aliphatic heterocycles. The van der Waals surface area contributed by atoms with Crippen LogP contribution in [0.2, 0.25) is 0 Å². The van der Waals surface area contributed by atoms with Crippen molar-refractivity contribution in [3.05, 3.63) is 88.7 Å². The van der Waals surface area contributed by atoms with E-state index >= 15 is 0 Å². The Balaban J connectivity index is 0.000000507. The molecule has 4 rings (SSSR count). The van der Waals surface area contributed by atoms with E-state index in [2.05, 4.69) is 91.4 Å². The quantitative estimate of drug-likeness (QED) is 0.218. The molecule has 1 saturated heterocycles. The van der Waals surface area contributed by atoms with Crippen molar-refractivity contribution < 1.29 is 24.3 Å². The number of hydrogen-bond acceptors (Lipinski definition) is 6. The summed E-state index contributed by atoms with van der Waals surface area (Å²) in [7, 11) is 4.23. The molecule has 2 aromatic carbocycles. The predicted molar refractivity (Wildman–Crippen MR) is 162 cm³/mol. The second kappa shape index (κ2) is 15.9. The molecule has 41 heavy (non-hydrogen) atoms. The van der Waals surface area contributed by atoms with Gasteiger partial charge in [0, 0.05) is 36.2 Å². The SMILES string of the molecule is CC(C)=CCc1ccc2c(CCC3CCN(Cc4ccccc4)CC3)noc2c1CN(C)C.O=C(O)/C=C/C(=O)O. The maximum atomic E-state index is 9.55. The molecular weight excluding hydrogens is 518 g/mol. The summed E-state index contributed by atoms with van der Waals surface area (Å²) >= 11 is 0. The van der Waals surface area contributed by atoms with Crippen molar-refractivity contribution in [2.45, 2.75) is 59.0 Å². The Kier molecular flexibility index (Phi) is 12.3. The third-order valence-electron chi connectivity index (χ3n) is 7.23. The van der Waals surface area contributed by atoms with Gasteiger partial charge in [0.15, 0.2) is 5.58 Å². The van der Waals surface area contributed by atoms with Crippen molar-refractivity contribution in [2.24, 2.45) is 5.92 Å². The Bertz CT molecular complexity index is 1320. The highest BCUT2D eigenvalue weighted by Crippen LogP contribution is 2.30. The van der Waals surface area contributed by atoms with Gasteiger partial charge in [-0.15, -0.1) is 0 Å². The molecule has 220 valence electrons. The third-order valence-corrected chi connectivity index (χ3v) is 7.23. The van der Waals surface area contributed by atoms with E-state index in [1.807, 2.05) is 0 Å². The molecule has 1 aliphatic rings. The number of carbonyl (C=O) groups is 2. The second-order valence-corrected chi connectivity index (χ2v) is 11.2. The first kappa shape index (κ1) is 31.8. The molecular formula is C33H43N3O5. The molecule has 3 aromatic rings. The summed E-state index contributed by atoms with van der Waals surface area (Å²) in [5.74, 6) is -1.73. The second-order valence-electron chi connectivity index (χ2n) is 11.2. The molecule has 2 heterocycles. The number of aryl methyl sites for hydroxylation is 1. The van der Waals surface area contributed by atoms with E-state index in [0.717, 1.165) is 43.1 Å². The summed E-state index contributed by atoms with van der Waals surface area (Å²) in [6, 6.07) is 15.4. The Hall–Kier alpha value is -3.75. The minimum Gasteiger partial charge on any atom is -0.478 e. The predicted octanol–water partition coefficient (Wildman–Crippen LogP) is 5.95. The van der Waals surface area contributed by atoms with Gasteiger partial charge in [0.1, 0.15) is 0 Å². The number of allylic oxidation sites excluding steroid dienone is 2. The van der Waals surface area contributed by atoms with Crippen LogP contribution in [0.5, 0.6) is 0 Å². The number of fused-ring (bicyclic) bond motifs is 1. The molecule has 2 N–H and O–H groups in total. The van der Waals surface area contributed by atoms with E-state index in [-0.39, 0.29) is 0 Å². The molecule has 0 aliphatic carbocycles. The highest BCUT2D eigenvalue weighted by Gasteiger charge is 2.21. The van der Waals surface area contributed by atoms with E-state index < -0.39 is 11.9 Å². The smallest absolute Gasteiger partial charge is 0.328 e. The van der Waals surface area contributed by atoms with Crippen molar-refractivity contribution in [3.63, 3.8) is 0 Å². The molecule has 0 bridgehead atoms. The van der Waals surface area contributed by atoms with Gasteiger partial charge in [-0.05, 0) is 96.2 Å². The van der Waals surface area contributed by atoms with Crippen LogP contribution in [-0.4, -0.2) is 64.3 Å². The van der Waals surface area contributed by atoms with Gasteiger partial charge in [0.2, 0.25) is 0 Å². The van der Waals surface area contributed by atoms with Crippen LogP contribution < -0.4 is 0 Å². The van der Waals surface area contributed by atoms with Crippen molar-refractivity contribution in [1.82, 2.24) is 15.0 Å². The molecule has 0 saturated carbocycles. The fourth-order valence-electron chi connectivity index (χ4n) is 5.08. The lowest BCUT2D eigenvalue weighted by Crippen LogP contribution is -2.33. The zero-order valence-corrected chi connectivity index (χ0v) is 24.7. The first-order chi connectivity index (χ1) is 19.6. The first-order valence-electron chi connectivity index (χ1n) is 14.2. The van der Waals surface area contributed by atoms with Gasteiger partial charge in [0.25, 0.3) is 0 Å². The largest absolute Gasteiger partial charge is 0.478 e. The molecule has 0 radical (unpaired) electrons. The van der Waals surface area contributed by atoms with Crippen LogP contribution in [-0.2, 0) is 35.5 Å². The standard InChI is InChI=1S/C29H39N3O.C4H4O4/c1-22(2)10-12-25-13-14-26-28(30-33-29(26)27(25)21-31(3)4)15-11-23-16-18-32(19-17-23)20-24-8-6-5-7-9-24;5-3(6)1-2-4(7)8/h5-10,13-14,23H,11-12,15-21H2,1-4H3;1-2H,(H,5,6)(H,7,8)/b;2-1+. The van der Waals surface area contributed by atoms with Gasteiger partial charge in [-0.3, -0.25) is 4.90 Å². The number of piperidine rings is 1. The highest BCUT2D eigenvalue weighted by molar-refractivity contribution is 5.89. The summed E-state index contributed by atoms with van der Waals surface area (Å²) in [5.41, 5.74) is 7.50. The molecule has 1 fully saturated rings. The third kappa shape index (κ3) is 10.6. The van der Waals surface area contributed by atoms with Gasteiger partial charge in [-0.25, -0.2) is 9.59 Å². The summed E-state index contributed by atoms with van der Waals surface area (Å²) < 4.78 is 5.95. The van der Waals surface area contributed by atoms with Gasteiger partial charge in [-0.2, -0.15) is 0 Å². The molecule has 0 spiro atoms. The number of aliphatic carboxylic acids is 2. The van der Waals surface area contributed by atoms with Gasteiger partial charge in [0.05, 0.1) is 5.69 Å². The van der Waals surface area contributed by atoms with Crippen LogP contribution in [0.4, 0.5) is 0 Å². The minimum atomic E-state index is -1.26. The molecule has 0 atom stereocenters. The number of nitrogens with zero attached hydrogens (tertiary/aromatic N) is 3. The lowest BCUT2D eigenvalue weighted by atomic mass is 9.90. The molecule has 0 unspecified atom stereocenters. The Morgan fingerprint density at radius 3 is 2.27 bits per heavy atom. The molecule has 0 amide bonds. The summed E-state index contributed by atoms with van der Waals surface area (Å²) in [6.07, 6.45) is 9.11. The summed E-state index contributed by atoms with van der Waals surface area (Å²) in [4.78, 5) is 23.9. The van der Waals surface area contributed by atoms with E-state index in [0.29, 0.717) is 12.2 Å². The zero-order chi connectivity index (χ0) is 29.8. The minimum absolute atomic E-state index is 0.558. The maximum absolute atomic E-state index is 9.55. The number of carboxylic acid groups (broad SMARTS) is 2. The van der Waals surface area contributed by atoms with Crippen molar-refractivity contribution >= 4 is 22.9 Å². The normalized spacial score (nSPS) is 14.3. The molecule has 1 aromatic heterocycles. The van der Waals surface area contributed by atoms with E-state index in [1.165, 1.54) is 60.0 Å². The van der Waals surface area contributed by atoms with Crippen LogP contribution in [0.3, 0.4) is 0 Å². The number of hydrogen-bond donors (Lipinski definition) is 2. The zero-order valence-electron chi connectivity index (χ0n) is 24.7. The number of aromatic nitrogens is 1. The summed E-state index contributed by atoms with van der Waals surface area (Å²) in [5, 5.41) is 21.4. The number of carboxylic acids is 2. The lowest BCUT2D eigenvalue weighted by molar-refractivity contribution is -0.134. The van der Waals surface area contributed by atoms with E-state index in [1.54, 1.807) is 0 Å². The Morgan fingerprint density at radius 1 is 1.02 bits per heavy atom. The summed E-state index contributed by atoms with van der Waals surface area (Å²) in [6.45, 7) is 8.65. The highest BCUT2D eigenvalue weighted by atomic mass is 16.5. The fraction of sp³-hybridized carbons (Fsp3) is 0.424. The van der Waals surface area contributed by atoms with Crippen LogP contribution in [0.15, 0.2) is 70.8 Å². The van der Waals surface area contributed by atoms with Crippen LogP contribution in [0.1, 0.15) is 55.5 Å². The number of benzene rings is 2. The topological polar surface area (TPSA) is 107 Å². The van der Waals surface area contributed by atoms with Crippen molar-refractivity contribution in [2.75, 3.05) is 27.2 Å². The van der Waals surface area contributed by atoms with Gasteiger partial charge < -0.3 is 19.6 Å². The fourth-order valence-corrected chi connectivity index (χ4v) is 5.08. The lowest BCUT2D eigenvalue weighted by Gasteiger charge is -2.32. The number of rotatable bonds is 11. The Labute approximate surface area is 242 Å². The van der Waals surface area contributed by atoms with Crippen LogP contribution in [0.25, 0.3) is 11.0 Å². The first-order valence-corrected chi connectivity index (χ1v) is 14.2. The number of likely N-dealkylation sites (tertiary alicyclic amines) is 1. The average Bonchev–Trinajstić information content (AvgIpc) is 3.35. The van der Waals surface area contributed by atoms with Crippen molar-refractivity contribution in [1.29, 1.82) is 0 Å². The Morgan fingerprint density at radius 2 is 1.68 bits per heavy atom. The maximum Gasteiger partial charge on any atom is 0.328 e. The van der Waals surface area contributed by atoms with Crippen LogP contribution >= 0.6 is 0 Å². The molecule has 8 nitrogen and oxygen atoms in total. The monoisotopic (exact) mass is 561 g/mol. The molecule has 8 heteroatoms. The van der Waals surface area contributed by atoms with E-state index in [9.17, 15) is 9.59 Å². The average molecular weight is 562 g/mol.